The topological polar surface area (TPSA) is 91.8 Å². The molecule has 2 aliphatic rings. The number of amides is 4. The molecule has 0 fully saturated rings. The number of imide groups is 2. The van der Waals surface area contributed by atoms with E-state index in [-0.39, 0.29) is 44.2 Å². The van der Waals surface area contributed by atoms with E-state index in [1.807, 2.05) is 30.3 Å². The first-order valence-electron chi connectivity index (χ1n) is 14.5. The van der Waals surface area contributed by atoms with Crippen LogP contribution in [0.2, 0.25) is 0 Å². The van der Waals surface area contributed by atoms with Gasteiger partial charge in [0.25, 0.3) is 23.6 Å². The molecule has 0 radical (unpaired) electrons. The molecular formula is C37H32N2O5. The summed E-state index contributed by atoms with van der Waals surface area (Å²) < 4.78 is 0. The summed E-state index contributed by atoms with van der Waals surface area (Å²) in [5.74, 6) is -2.28. The van der Waals surface area contributed by atoms with E-state index in [2.05, 4.69) is 39.8 Å². The zero-order chi connectivity index (χ0) is 31.6. The molecule has 0 spiro atoms. The monoisotopic (exact) mass is 584 g/mol. The summed E-state index contributed by atoms with van der Waals surface area (Å²) in [5, 5.41) is 0. The zero-order valence-electron chi connectivity index (χ0n) is 25.3. The second-order valence-electron chi connectivity index (χ2n) is 12.9. The molecule has 6 rings (SSSR count). The summed E-state index contributed by atoms with van der Waals surface area (Å²) in [6, 6.07) is 26.6. The maximum Gasteiger partial charge on any atom is 0.266 e. The van der Waals surface area contributed by atoms with Gasteiger partial charge < -0.3 is 0 Å². The number of ketones is 1. The minimum atomic E-state index is -0.510. The molecule has 2 heterocycles. The highest BCUT2D eigenvalue weighted by Gasteiger charge is 2.39. The van der Waals surface area contributed by atoms with Crippen LogP contribution >= 0.6 is 0 Å². The van der Waals surface area contributed by atoms with Crippen molar-refractivity contribution >= 4 is 35.1 Å². The van der Waals surface area contributed by atoms with Crippen molar-refractivity contribution in [1.82, 2.24) is 4.90 Å². The van der Waals surface area contributed by atoms with E-state index in [1.165, 1.54) is 49.0 Å². The Morgan fingerprint density at radius 2 is 1.07 bits per heavy atom. The zero-order valence-corrected chi connectivity index (χ0v) is 25.3. The molecule has 0 aliphatic carbocycles. The Bertz CT molecular complexity index is 1890. The first kappa shape index (κ1) is 28.9. The number of rotatable bonds is 6. The highest BCUT2D eigenvalue weighted by Crippen LogP contribution is 2.42. The van der Waals surface area contributed by atoms with Crippen molar-refractivity contribution in [1.29, 1.82) is 0 Å². The molecule has 0 bridgehead atoms. The summed E-state index contributed by atoms with van der Waals surface area (Å²) in [6.45, 7) is 8.85. The van der Waals surface area contributed by atoms with Crippen LogP contribution in [-0.2, 0) is 5.41 Å². The Labute approximate surface area is 256 Å². The van der Waals surface area contributed by atoms with E-state index in [9.17, 15) is 24.0 Å². The average molecular weight is 585 g/mol. The molecule has 0 aromatic heterocycles. The standard InChI is InChI=1S/C37H32N2O5/c1-36(2,3)21-37(4,24-9-7-6-8-10-24)25-13-15-26(16-14-25)39-34(43)28-18-12-23(20-30(28)35(39)44)31(40)22-11-17-27-29(19-22)33(42)38(5)32(27)41/h6-20H,21H2,1-5H3. The van der Waals surface area contributed by atoms with Crippen LogP contribution in [0, 0.1) is 5.41 Å². The Morgan fingerprint density at radius 3 is 1.64 bits per heavy atom. The number of carbonyl (C=O) groups excluding carboxylic acids is 5. The van der Waals surface area contributed by atoms with Gasteiger partial charge in [0.1, 0.15) is 0 Å². The van der Waals surface area contributed by atoms with Crippen molar-refractivity contribution in [2.45, 2.75) is 39.5 Å². The maximum absolute atomic E-state index is 13.6. The first-order valence-corrected chi connectivity index (χ1v) is 14.5. The highest BCUT2D eigenvalue weighted by molar-refractivity contribution is 6.35. The third-order valence-corrected chi connectivity index (χ3v) is 8.56. The van der Waals surface area contributed by atoms with Crippen molar-refractivity contribution in [3.63, 3.8) is 0 Å². The van der Waals surface area contributed by atoms with Crippen molar-refractivity contribution < 1.29 is 24.0 Å². The van der Waals surface area contributed by atoms with Gasteiger partial charge in [-0.1, -0.05) is 82.3 Å². The van der Waals surface area contributed by atoms with E-state index in [0.29, 0.717) is 5.69 Å². The van der Waals surface area contributed by atoms with Gasteiger partial charge in [-0.05, 0) is 59.4 Å². The molecule has 4 aromatic carbocycles. The van der Waals surface area contributed by atoms with E-state index in [4.69, 9.17) is 0 Å². The molecule has 1 atom stereocenters. The number of nitrogens with zero attached hydrogens (tertiary/aromatic N) is 2. The minimum Gasteiger partial charge on any atom is -0.289 e. The third-order valence-electron chi connectivity index (χ3n) is 8.56. The molecule has 7 heteroatoms. The Balaban J connectivity index is 1.29. The lowest BCUT2D eigenvalue weighted by atomic mass is 9.67. The molecule has 220 valence electrons. The number of benzene rings is 4. The van der Waals surface area contributed by atoms with Gasteiger partial charge in [-0.2, -0.15) is 0 Å². The van der Waals surface area contributed by atoms with Crippen LogP contribution in [-0.4, -0.2) is 41.4 Å². The van der Waals surface area contributed by atoms with Gasteiger partial charge in [0, 0.05) is 23.6 Å². The quantitative estimate of drug-likeness (QED) is 0.186. The lowest BCUT2D eigenvalue weighted by molar-refractivity contribution is 0.0692. The first-order chi connectivity index (χ1) is 20.8. The molecule has 2 aliphatic heterocycles. The van der Waals surface area contributed by atoms with Crippen LogP contribution in [0.15, 0.2) is 91.0 Å². The number of hydrogen-bond donors (Lipinski definition) is 0. The molecule has 1 unspecified atom stereocenters. The highest BCUT2D eigenvalue weighted by atomic mass is 16.2. The average Bonchev–Trinajstić information content (AvgIpc) is 3.39. The number of hydrogen-bond acceptors (Lipinski definition) is 5. The third kappa shape index (κ3) is 4.65. The predicted molar refractivity (Wildman–Crippen MR) is 167 cm³/mol. The number of carbonyl (C=O) groups is 5. The second kappa shape index (κ2) is 10.2. The van der Waals surface area contributed by atoms with Gasteiger partial charge in [-0.3, -0.25) is 28.9 Å². The van der Waals surface area contributed by atoms with Gasteiger partial charge in [0.05, 0.1) is 27.9 Å². The van der Waals surface area contributed by atoms with E-state index >= 15 is 0 Å². The Hall–Kier alpha value is -5.17. The number of fused-ring (bicyclic) bond motifs is 2. The van der Waals surface area contributed by atoms with Crippen molar-refractivity contribution in [3.8, 4) is 0 Å². The summed E-state index contributed by atoms with van der Waals surface area (Å²) in [6.07, 6.45) is 0.887. The Kier molecular flexibility index (Phi) is 6.72. The fraction of sp³-hybridized carbons (Fsp3) is 0.216. The number of anilines is 1. The fourth-order valence-corrected chi connectivity index (χ4v) is 6.50. The van der Waals surface area contributed by atoms with Crippen LogP contribution in [0.3, 0.4) is 0 Å². The molecular weight excluding hydrogens is 552 g/mol. The largest absolute Gasteiger partial charge is 0.289 e. The van der Waals surface area contributed by atoms with Crippen LogP contribution in [0.4, 0.5) is 5.69 Å². The minimum absolute atomic E-state index is 0.0457. The second-order valence-corrected chi connectivity index (χ2v) is 12.9. The Morgan fingerprint density at radius 1 is 0.591 bits per heavy atom. The van der Waals surface area contributed by atoms with Crippen molar-refractivity contribution in [2.24, 2.45) is 5.41 Å². The van der Waals surface area contributed by atoms with Gasteiger partial charge in [0.2, 0.25) is 0 Å². The van der Waals surface area contributed by atoms with Crippen molar-refractivity contribution in [3.05, 3.63) is 136 Å². The van der Waals surface area contributed by atoms with Gasteiger partial charge in [-0.25, -0.2) is 4.90 Å². The van der Waals surface area contributed by atoms with E-state index in [0.717, 1.165) is 21.8 Å². The molecule has 4 aromatic rings. The van der Waals surface area contributed by atoms with Crippen LogP contribution in [0.1, 0.15) is 103 Å². The van der Waals surface area contributed by atoms with Crippen LogP contribution < -0.4 is 4.90 Å². The van der Waals surface area contributed by atoms with Crippen molar-refractivity contribution in [2.75, 3.05) is 11.9 Å². The van der Waals surface area contributed by atoms with Gasteiger partial charge in [0.15, 0.2) is 5.78 Å². The molecule has 44 heavy (non-hydrogen) atoms. The lowest BCUT2D eigenvalue weighted by Gasteiger charge is -2.37. The smallest absolute Gasteiger partial charge is 0.266 e. The molecule has 0 N–H and O–H groups in total. The molecule has 4 amide bonds. The van der Waals surface area contributed by atoms with E-state index in [1.54, 1.807) is 12.1 Å². The summed E-state index contributed by atoms with van der Waals surface area (Å²) in [7, 11) is 1.39. The molecule has 0 saturated carbocycles. The normalized spacial score (nSPS) is 15.8. The molecule has 0 saturated heterocycles. The molecule has 7 nitrogen and oxygen atoms in total. The summed E-state index contributed by atoms with van der Waals surface area (Å²) >= 11 is 0. The van der Waals surface area contributed by atoms with Crippen LogP contribution in [0.5, 0.6) is 0 Å². The summed E-state index contributed by atoms with van der Waals surface area (Å²) in [5.41, 5.74) is 3.64. The fourth-order valence-electron chi connectivity index (χ4n) is 6.50. The summed E-state index contributed by atoms with van der Waals surface area (Å²) in [4.78, 5) is 67.2. The van der Waals surface area contributed by atoms with E-state index < -0.39 is 29.4 Å². The van der Waals surface area contributed by atoms with Crippen LogP contribution in [0.25, 0.3) is 0 Å². The predicted octanol–water partition coefficient (Wildman–Crippen LogP) is 6.69. The maximum atomic E-state index is 13.6. The lowest BCUT2D eigenvalue weighted by Crippen LogP contribution is -2.31. The van der Waals surface area contributed by atoms with Gasteiger partial charge in [-0.15, -0.1) is 0 Å². The SMILES string of the molecule is CN1C(=O)c2ccc(C(=O)c3ccc4c(c3)C(=O)N(c3ccc(C(C)(CC(C)(C)C)c5ccccc5)cc3)C4=O)cc2C1=O. The van der Waals surface area contributed by atoms with Gasteiger partial charge >= 0.3 is 0 Å².